The number of benzene rings is 5. The molecule has 48 heavy (non-hydrogen) atoms. The molecule has 8 nitrogen and oxygen atoms in total. The van der Waals surface area contributed by atoms with Gasteiger partial charge in [0.2, 0.25) is 10.9 Å². The predicted octanol–water partition coefficient (Wildman–Crippen LogP) is 9.30. The van der Waals surface area contributed by atoms with Crippen LogP contribution in [-0.2, 0) is 10.5 Å². The first-order valence-electron chi connectivity index (χ1n) is 15.1. The van der Waals surface area contributed by atoms with E-state index in [-0.39, 0.29) is 16.5 Å². The molecule has 10 heteroatoms. The summed E-state index contributed by atoms with van der Waals surface area (Å²) in [5.41, 5.74) is 2.10. The van der Waals surface area contributed by atoms with Gasteiger partial charge < -0.3 is 14.3 Å². The number of fused-ring (bicyclic) bond motifs is 2. The van der Waals surface area contributed by atoms with E-state index in [0.29, 0.717) is 32.7 Å². The van der Waals surface area contributed by atoms with Gasteiger partial charge in [-0.25, -0.2) is 0 Å². The average Bonchev–Trinajstić information content (AvgIpc) is 3.84. The third-order valence-corrected chi connectivity index (χ3v) is 10.2. The van der Waals surface area contributed by atoms with Crippen molar-refractivity contribution in [2.24, 2.45) is 0 Å². The second-order valence-corrected chi connectivity index (χ2v) is 13.3. The fourth-order valence-corrected chi connectivity index (χ4v) is 7.74. The highest BCUT2D eigenvalue weighted by atomic mass is 32.2. The van der Waals surface area contributed by atoms with Crippen LogP contribution in [-0.4, -0.2) is 27.0 Å². The molecule has 1 amide bonds. The van der Waals surface area contributed by atoms with Crippen LogP contribution in [0.4, 0.5) is 5.13 Å². The lowest BCUT2D eigenvalue weighted by Crippen LogP contribution is -2.31. The number of amides is 1. The third-order valence-electron chi connectivity index (χ3n) is 8.09. The number of furan rings is 1. The second kappa shape index (κ2) is 12.5. The van der Waals surface area contributed by atoms with Crippen molar-refractivity contribution in [1.29, 1.82) is 0 Å². The van der Waals surface area contributed by atoms with Gasteiger partial charge in [-0.15, -0.1) is 10.2 Å². The molecular weight excluding hydrogens is 643 g/mol. The Hall–Kier alpha value is -5.71. The minimum atomic E-state index is -1.03. The summed E-state index contributed by atoms with van der Waals surface area (Å²) in [4.78, 5) is 29.3. The zero-order chi connectivity index (χ0) is 32.6. The van der Waals surface area contributed by atoms with Crippen LogP contribution in [0.15, 0.2) is 147 Å². The Bertz CT molecular complexity index is 2330. The van der Waals surface area contributed by atoms with Gasteiger partial charge in [0.15, 0.2) is 15.9 Å². The van der Waals surface area contributed by atoms with E-state index in [2.05, 4.69) is 34.5 Å². The molecule has 1 atom stereocenters. The van der Waals surface area contributed by atoms with E-state index in [9.17, 15) is 14.7 Å². The lowest BCUT2D eigenvalue weighted by molar-refractivity contribution is -0.117. The molecule has 0 bridgehead atoms. The highest BCUT2D eigenvalue weighted by Crippen LogP contribution is 2.45. The van der Waals surface area contributed by atoms with Gasteiger partial charge in [-0.05, 0) is 58.3 Å². The molecule has 0 saturated carbocycles. The van der Waals surface area contributed by atoms with E-state index in [4.69, 9.17) is 9.15 Å². The van der Waals surface area contributed by atoms with E-state index < -0.39 is 23.5 Å². The zero-order valence-corrected chi connectivity index (χ0v) is 26.8. The van der Waals surface area contributed by atoms with E-state index in [1.165, 1.54) is 28.0 Å². The van der Waals surface area contributed by atoms with Gasteiger partial charge in [-0.3, -0.25) is 14.5 Å². The molecule has 1 aliphatic rings. The van der Waals surface area contributed by atoms with Gasteiger partial charge in [0.25, 0.3) is 5.91 Å². The molecule has 234 valence electrons. The first-order chi connectivity index (χ1) is 23.5. The molecule has 2 aromatic heterocycles. The summed E-state index contributed by atoms with van der Waals surface area (Å²) in [5, 5.41) is 23.4. The standard InChI is InChI=1S/C38H25N3O5S2/c42-34(31-21-24-11-5-7-19-30(24)46-31)32-33(25-13-9-17-28(20-25)45-27-15-2-1-3-16-27)41(36(44)35(32)43)37-39-40-38(48-37)47-22-26-14-8-12-23-10-4-6-18-29(23)26/h1-21,33,43H,22H2. The van der Waals surface area contributed by atoms with Crippen molar-refractivity contribution in [3.8, 4) is 11.5 Å². The highest BCUT2D eigenvalue weighted by molar-refractivity contribution is 8.00. The molecule has 0 saturated heterocycles. The van der Waals surface area contributed by atoms with E-state index in [0.717, 1.165) is 21.7 Å². The van der Waals surface area contributed by atoms with E-state index in [1.54, 1.807) is 36.4 Å². The van der Waals surface area contributed by atoms with Crippen molar-refractivity contribution in [1.82, 2.24) is 10.2 Å². The first-order valence-corrected chi connectivity index (χ1v) is 16.9. The fourth-order valence-electron chi connectivity index (χ4n) is 5.87. The molecule has 0 fully saturated rings. The highest BCUT2D eigenvalue weighted by Gasteiger charge is 2.47. The molecule has 5 aromatic carbocycles. The summed E-state index contributed by atoms with van der Waals surface area (Å²) in [6, 6.07) is 38.6. The van der Waals surface area contributed by atoms with Crippen LogP contribution >= 0.6 is 23.1 Å². The molecule has 1 aliphatic heterocycles. The van der Waals surface area contributed by atoms with Crippen molar-refractivity contribution < 1.29 is 23.8 Å². The summed E-state index contributed by atoms with van der Waals surface area (Å²) in [7, 11) is 0. The van der Waals surface area contributed by atoms with Crippen molar-refractivity contribution in [3.63, 3.8) is 0 Å². The molecule has 0 radical (unpaired) electrons. The molecule has 0 spiro atoms. The number of anilines is 1. The maximum absolute atomic E-state index is 14.1. The Morgan fingerprint density at radius 2 is 1.56 bits per heavy atom. The number of nitrogens with zero attached hydrogens (tertiary/aromatic N) is 3. The van der Waals surface area contributed by atoms with Crippen LogP contribution in [0.2, 0.25) is 0 Å². The van der Waals surface area contributed by atoms with Gasteiger partial charge in [-0.1, -0.05) is 114 Å². The normalized spacial score (nSPS) is 14.7. The lowest BCUT2D eigenvalue weighted by Gasteiger charge is -2.24. The van der Waals surface area contributed by atoms with Crippen LogP contribution < -0.4 is 9.64 Å². The second-order valence-electron chi connectivity index (χ2n) is 11.1. The van der Waals surface area contributed by atoms with Crippen molar-refractivity contribution >= 4 is 61.7 Å². The zero-order valence-electron chi connectivity index (χ0n) is 25.1. The van der Waals surface area contributed by atoms with Crippen LogP contribution in [0.3, 0.4) is 0 Å². The molecule has 3 heterocycles. The Morgan fingerprint density at radius 1 is 0.833 bits per heavy atom. The summed E-state index contributed by atoms with van der Waals surface area (Å²) in [6.45, 7) is 0. The molecule has 0 aliphatic carbocycles. The van der Waals surface area contributed by atoms with Crippen LogP contribution in [0, 0.1) is 0 Å². The number of ketones is 1. The number of hydrogen-bond acceptors (Lipinski definition) is 9. The summed E-state index contributed by atoms with van der Waals surface area (Å²) < 4.78 is 12.6. The summed E-state index contributed by atoms with van der Waals surface area (Å²) >= 11 is 2.73. The molecule has 1 N–H and O–H groups in total. The fraction of sp³-hybridized carbons (Fsp3) is 0.0526. The number of para-hydroxylation sites is 2. The number of rotatable bonds is 9. The lowest BCUT2D eigenvalue weighted by atomic mass is 9.95. The molecule has 7 aromatic rings. The van der Waals surface area contributed by atoms with Gasteiger partial charge in [0.05, 0.1) is 11.6 Å². The van der Waals surface area contributed by atoms with Crippen molar-refractivity contribution in [3.05, 3.63) is 156 Å². The van der Waals surface area contributed by atoms with Crippen molar-refractivity contribution in [2.45, 2.75) is 16.1 Å². The number of Topliss-reactive ketones (excluding diaryl/α,β-unsaturated/α-hetero) is 1. The number of carbonyl (C=O) groups is 2. The maximum atomic E-state index is 14.1. The van der Waals surface area contributed by atoms with E-state index in [1.807, 2.05) is 66.7 Å². The number of thioether (sulfide) groups is 1. The summed E-state index contributed by atoms with van der Waals surface area (Å²) in [6.07, 6.45) is 0. The smallest absolute Gasteiger partial charge is 0.296 e. The van der Waals surface area contributed by atoms with Crippen LogP contribution in [0.25, 0.3) is 21.7 Å². The predicted molar refractivity (Wildman–Crippen MR) is 187 cm³/mol. The first kappa shape index (κ1) is 29.7. The monoisotopic (exact) mass is 667 g/mol. The number of aliphatic hydroxyl groups excluding tert-OH is 1. The van der Waals surface area contributed by atoms with Gasteiger partial charge in [0.1, 0.15) is 17.1 Å². The van der Waals surface area contributed by atoms with Gasteiger partial charge >= 0.3 is 0 Å². The van der Waals surface area contributed by atoms with Gasteiger partial charge in [-0.2, -0.15) is 0 Å². The topological polar surface area (TPSA) is 106 Å². The Balaban J connectivity index is 1.15. The third kappa shape index (κ3) is 5.51. The minimum Gasteiger partial charge on any atom is -0.503 e. The quantitative estimate of drug-likeness (QED) is 0.0923. The van der Waals surface area contributed by atoms with Crippen LogP contribution in [0.5, 0.6) is 11.5 Å². The average molecular weight is 668 g/mol. The largest absolute Gasteiger partial charge is 0.503 e. The van der Waals surface area contributed by atoms with Gasteiger partial charge in [0, 0.05) is 11.1 Å². The number of aliphatic hydroxyl groups is 1. The van der Waals surface area contributed by atoms with E-state index >= 15 is 0 Å². The Labute approximate surface area is 282 Å². The minimum absolute atomic E-state index is 0.0117. The maximum Gasteiger partial charge on any atom is 0.296 e. The number of hydrogen-bond donors (Lipinski definition) is 1. The van der Waals surface area contributed by atoms with Crippen LogP contribution in [0.1, 0.15) is 27.7 Å². The molecule has 1 unspecified atom stereocenters. The Morgan fingerprint density at radius 3 is 2.42 bits per heavy atom. The Kier molecular flexibility index (Phi) is 7.71. The number of carbonyl (C=O) groups excluding carboxylic acids is 2. The molecule has 8 rings (SSSR count). The number of ether oxygens (including phenoxy) is 1. The number of aromatic nitrogens is 2. The SMILES string of the molecule is O=C(C1=C(O)C(=O)N(c2nnc(SCc3cccc4ccccc34)s2)C1c1cccc(Oc2ccccc2)c1)c1cc2ccccc2o1. The van der Waals surface area contributed by atoms with Crippen molar-refractivity contribution in [2.75, 3.05) is 4.90 Å². The summed E-state index contributed by atoms with van der Waals surface area (Å²) in [5.74, 6) is -0.243. The molecular formula is C38H25N3O5S2.